The van der Waals surface area contributed by atoms with Gasteiger partial charge in [-0.3, -0.25) is 4.79 Å². The number of amides is 1. The van der Waals surface area contributed by atoms with Crippen LogP contribution in [0.15, 0.2) is 60.8 Å². The first-order valence-corrected chi connectivity index (χ1v) is 9.21. The lowest BCUT2D eigenvalue weighted by atomic mass is 10.0. The quantitative estimate of drug-likeness (QED) is 0.596. The fourth-order valence-corrected chi connectivity index (χ4v) is 3.13. The smallest absolute Gasteiger partial charge is 0.244 e. The molecule has 0 fully saturated rings. The van der Waals surface area contributed by atoms with Crippen molar-refractivity contribution in [1.29, 1.82) is 0 Å². The maximum absolute atomic E-state index is 12.0. The van der Waals surface area contributed by atoms with Crippen LogP contribution in [0.1, 0.15) is 30.5 Å². The second kappa shape index (κ2) is 8.52. The van der Waals surface area contributed by atoms with Crippen LogP contribution in [-0.4, -0.2) is 17.4 Å². The number of carbonyl (C=O) groups excluding carboxylic acids is 1. The van der Waals surface area contributed by atoms with Crippen LogP contribution in [0.3, 0.4) is 0 Å². The molecule has 1 aromatic heterocycles. The molecule has 1 heterocycles. The van der Waals surface area contributed by atoms with E-state index < -0.39 is 0 Å². The molecule has 134 valence electrons. The molecule has 0 aliphatic carbocycles. The van der Waals surface area contributed by atoms with E-state index in [1.807, 2.05) is 24.4 Å². The molecule has 3 aromatic rings. The number of rotatable bonds is 7. The second-order valence-corrected chi connectivity index (χ2v) is 7.07. The van der Waals surface area contributed by atoms with Crippen LogP contribution in [-0.2, 0) is 17.6 Å². The Morgan fingerprint density at radius 3 is 2.65 bits per heavy atom. The van der Waals surface area contributed by atoms with Crippen molar-refractivity contribution in [2.45, 2.75) is 26.7 Å². The molecule has 0 aliphatic rings. The van der Waals surface area contributed by atoms with E-state index in [1.54, 1.807) is 6.08 Å². The average Bonchev–Trinajstić information content (AvgIpc) is 3.04. The van der Waals surface area contributed by atoms with E-state index >= 15 is 0 Å². The van der Waals surface area contributed by atoms with Gasteiger partial charge in [-0.15, -0.1) is 0 Å². The van der Waals surface area contributed by atoms with Gasteiger partial charge in [0, 0.05) is 29.7 Å². The van der Waals surface area contributed by atoms with Crippen LogP contribution in [0.2, 0.25) is 0 Å². The lowest BCUT2D eigenvalue weighted by Gasteiger charge is -2.05. The Morgan fingerprint density at radius 1 is 1.12 bits per heavy atom. The summed E-state index contributed by atoms with van der Waals surface area (Å²) in [5, 5.41) is 4.17. The van der Waals surface area contributed by atoms with Gasteiger partial charge in [0.05, 0.1) is 0 Å². The third-order valence-electron chi connectivity index (χ3n) is 4.42. The Kier molecular flexibility index (Phi) is 5.90. The van der Waals surface area contributed by atoms with E-state index in [9.17, 15) is 4.79 Å². The molecule has 2 N–H and O–H groups in total. The van der Waals surface area contributed by atoms with Crippen molar-refractivity contribution in [2.75, 3.05) is 6.54 Å². The zero-order chi connectivity index (χ0) is 18.4. The number of carbonyl (C=O) groups is 1. The minimum absolute atomic E-state index is 0.0592. The van der Waals surface area contributed by atoms with Gasteiger partial charge in [-0.2, -0.15) is 0 Å². The van der Waals surface area contributed by atoms with Gasteiger partial charge in [-0.25, -0.2) is 0 Å². The van der Waals surface area contributed by atoms with Gasteiger partial charge in [0.1, 0.15) is 0 Å². The van der Waals surface area contributed by atoms with Crippen LogP contribution in [0.4, 0.5) is 0 Å². The van der Waals surface area contributed by atoms with Gasteiger partial charge in [0.25, 0.3) is 0 Å². The number of aromatic amines is 1. The third-order valence-corrected chi connectivity index (χ3v) is 4.42. The van der Waals surface area contributed by atoms with Crippen molar-refractivity contribution < 1.29 is 4.79 Å². The Hall–Kier alpha value is -2.81. The maximum Gasteiger partial charge on any atom is 0.244 e. The number of fused-ring (bicyclic) bond motifs is 1. The zero-order valence-electron chi connectivity index (χ0n) is 15.5. The number of aromatic nitrogens is 1. The normalized spacial score (nSPS) is 11.5. The largest absolute Gasteiger partial charge is 0.361 e. The summed E-state index contributed by atoms with van der Waals surface area (Å²) in [6.07, 6.45) is 7.38. The van der Waals surface area contributed by atoms with Gasteiger partial charge in [0.2, 0.25) is 5.91 Å². The summed E-state index contributed by atoms with van der Waals surface area (Å²) >= 11 is 0. The molecular weight excluding hydrogens is 320 g/mol. The van der Waals surface area contributed by atoms with Crippen molar-refractivity contribution in [2.24, 2.45) is 5.92 Å². The lowest BCUT2D eigenvalue weighted by molar-refractivity contribution is -0.116. The van der Waals surface area contributed by atoms with E-state index in [0.29, 0.717) is 12.5 Å². The maximum atomic E-state index is 12.0. The standard InChI is InChI=1S/C23H26N2O/c1-17(2)15-19-9-7-18(8-10-19)11-12-23(26)24-14-13-20-16-25-22-6-4-3-5-21(20)22/h3-12,16-17,25H,13-15H2,1-2H3,(H,24,26)/b12-11+. The molecule has 0 spiro atoms. The van der Waals surface area contributed by atoms with Gasteiger partial charge in [-0.05, 0) is 47.6 Å². The highest BCUT2D eigenvalue weighted by atomic mass is 16.1. The molecule has 2 aromatic carbocycles. The SMILES string of the molecule is CC(C)Cc1ccc(/C=C/C(=O)NCCc2c[nH]c3ccccc23)cc1. The van der Waals surface area contributed by atoms with Crippen LogP contribution < -0.4 is 5.32 Å². The molecule has 0 saturated carbocycles. The molecule has 0 bridgehead atoms. The number of hydrogen-bond acceptors (Lipinski definition) is 1. The zero-order valence-corrected chi connectivity index (χ0v) is 15.5. The van der Waals surface area contributed by atoms with Gasteiger partial charge in [0.15, 0.2) is 0 Å². The van der Waals surface area contributed by atoms with Crippen molar-refractivity contribution in [3.05, 3.63) is 77.5 Å². The van der Waals surface area contributed by atoms with Crippen molar-refractivity contribution in [3.63, 3.8) is 0 Å². The molecule has 0 unspecified atom stereocenters. The summed E-state index contributed by atoms with van der Waals surface area (Å²) in [7, 11) is 0. The van der Waals surface area contributed by atoms with E-state index in [0.717, 1.165) is 23.9 Å². The Bertz CT molecular complexity index is 888. The first kappa shape index (κ1) is 18.0. The number of H-pyrrole nitrogens is 1. The fourth-order valence-electron chi connectivity index (χ4n) is 3.13. The highest BCUT2D eigenvalue weighted by molar-refractivity contribution is 5.91. The molecule has 3 nitrogen and oxygen atoms in total. The molecule has 26 heavy (non-hydrogen) atoms. The highest BCUT2D eigenvalue weighted by Gasteiger charge is 2.03. The Labute approximate surface area is 155 Å². The summed E-state index contributed by atoms with van der Waals surface area (Å²) in [5.74, 6) is 0.593. The van der Waals surface area contributed by atoms with Crippen molar-refractivity contribution in [3.8, 4) is 0 Å². The fraction of sp³-hybridized carbons (Fsp3) is 0.261. The summed E-state index contributed by atoms with van der Waals surface area (Å²) in [4.78, 5) is 15.3. The summed E-state index contributed by atoms with van der Waals surface area (Å²) in [5.41, 5.74) is 4.74. The van der Waals surface area contributed by atoms with E-state index in [-0.39, 0.29) is 5.91 Å². The summed E-state index contributed by atoms with van der Waals surface area (Å²) in [6.45, 7) is 5.06. The third kappa shape index (κ3) is 4.85. The molecule has 0 atom stereocenters. The molecule has 3 heteroatoms. The van der Waals surface area contributed by atoms with Crippen LogP contribution in [0.25, 0.3) is 17.0 Å². The van der Waals surface area contributed by atoms with Crippen LogP contribution >= 0.6 is 0 Å². The van der Waals surface area contributed by atoms with Gasteiger partial charge < -0.3 is 10.3 Å². The van der Waals surface area contributed by atoms with Gasteiger partial charge >= 0.3 is 0 Å². The van der Waals surface area contributed by atoms with Crippen molar-refractivity contribution >= 4 is 22.9 Å². The van der Waals surface area contributed by atoms with Crippen LogP contribution in [0, 0.1) is 5.92 Å². The Morgan fingerprint density at radius 2 is 1.88 bits per heavy atom. The molecule has 3 rings (SSSR count). The molecule has 0 aliphatic heterocycles. The summed E-state index contributed by atoms with van der Waals surface area (Å²) < 4.78 is 0. The molecule has 0 saturated heterocycles. The Balaban J connectivity index is 1.48. The molecule has 1 amide bonds. The minimum Gasteiger partial charge on any atom is -0.361 e. The highest BCUT2D eigenvalue weighted by Crippen LogP contribution is 2.17. The van der Waals surface area contributed by atoms with Crippen molar-refractivity contribution in [1.82, 2.24) is 10.3 Å². The minimum atomic E-state index is -0.0592. The monoisotopic (exact) mass is 346 g/mol. The first-order valence-electron chi connectivity index (χ1n) is 9.21. The average molecular weight is 346 g/mol. The number of para-hydroxylation sites is 1. The lowest BCUT2D eigenvalue weighted by Crippen LogP contribution is -2.23. The first-order chi connectivity index (χ1) is 12.6. The number of hydrogen-bond donors (Lipinski definition) is 2. The number of nitrogens with one attached hydrogen (secondary N) is 2. The molecular formula is C23H26N2O. The number of benzene rings is 2. The molecule has 0 radical (unpaired) electrons. The predicted octanol–water partition coefficient (Wildman–Crippen LogP) is 4.74. The van der Waals surface area contributed by atoms with E-state index in [2.05, 4.69) is 60.5 Å². The van der Waals surface area contributed by atoms with Gasteiger partial charge in [-0.1, -0.05) is 56.3 Å². The summed E-state index contributed by atoms with van der Waals surface area (Å²) in [6, 6.07) is 16.6. The van der Waals surface area contributed by atoms with Crippen LogP contribution in [0.5, 0.6) is 0 Å². The topological polar surface area (TPSA) is 44.9 Å². The second-order valence-electron chi connectivity index (χ2n) is 7.07. The van der Waals surface area contributed by atoms with E-state index in [1.165, 1.54) is 16.5 Å². The predicted molar refractivity (Wildman–Crippen MR) is 109 cm³/mol. The van der Waals surface area contributed by atoms with E-state index in [4.69, 9.17) is 0 Å².